The number of nitrogen functional groups attached to an aromatic ring is 1. The van der Waals surface area contributed by atoms with Crippen LogP contribution in [0, 0.1) is 5.41 Å². The molecule has 188 valence electrons. The Morgan fingerprint density at radius 3 is 2.49 bits per heavy atom. The molecular formula is C27H23F3N6O. The Morgan fingerprint density at radius 1 is 1.08 bits per heavy atom. The number of imidazole rings is 1. The number of nitrogens with zero attached hydrogens (tertiary/aromatic N) is 3. The molecular weight excluding hydrogens is 481 g/mol. The number of hydrogen-bond acceptors (Lipinski definition) is 3. The molecule has 0 atom stereocenters. The van der Waals surface area contributed by atoms with E-state index in [1.165, 1.54) is 17.0 Å². The molecule has 0 spiro atoms. The molecule has 1 amide bonds. The van der Waals surface area contributed by atoms with Crippen LogP contribution in [0.25, 0.3) is 21.9 Å². The third-order valence-electron chi connectivity index (χ3n) is 6.23. The van der Waals surface area contributed by atoms with Gasteiger partial charge in [0.05, 0.1) is 23.1 Å². The highest BCUT2D eigenvalue weighted by Crippen LogP contribution is 2.30. The van der Waals surface area contributed by atoms with Crippen molar-refractivity contribution < 1.29 is 18.0 Å². The highest BCUT2D eigenvalue weighted by atomic mass is 19.4. The Kier molecular flexibility index (Phi) is 5.94. The summed E-state index contributed by atoms with van der Waals surface area (Å²) in [4.78, 5) is 22.9. The Labute approximate surface area is 209 Å². The minimum atomic E-state index is -4.43. The van der Waals surface area contributed by atoms with Crippen LogP contribution < -0.4 is 5.73 Å². The molecule has 2 aromatic heterocycles. The second-order valence-electron chi connectivity index (χ2n) is 8.86. The monoisotopic (exact) mass is 504 g/mol. The maximum absolute atomic E-state index is 13.6. The van der Waals surface area contributed by atoms with Gasteiger partial charge in [0, 0.05) is 30.1 Å². The third kappa shape index (κ3) is 4.77. The quantitative estimate of drug-likeness (QED) is 0.220. The van der Waals surface area contributed by atoms with Crippen LogP contribution in [0.15, 0.2) is 72.8 Å². The van der Waals surface area contributed by atoms with Gasteiger partial charge in [0.25, 0.3) is 5.91 Å². The van der Waals surface area contributed by atoms with E-state index in [1.54, 1.807) is 35.9 Å². The molecule has 0 aliphatic heterocycles. The zero-order valence-electron chi connectivity index (χ0n) is 19.8. The van der Waals surface area contributed by atoms with E-state index in [0.29, 0.717) is 28.2 Å². The molecule has 0 saturated heterocycles. The lowest BCUT2D eigenvalue weighted by Crippen LogP contribution is -2.29. The summed E-state index contributed by atoms with van der Waals surface area (Å²) >= 11 is 0. The molecule has 4 N–H and O–H groups in total. The van der Waals surface area contributed by atoms with Crippen molar-refractivity contribution in [3.63, 3.8) is 0 Å². The molecule has 7 nitrogen and oxygen atoms in total. The van der Waals surface area contributed by atoms with E-state index in [0.717, 1.165) is 28.6 Å². The largest absolute Gasteiger partial charge is 0.416 e. The van der Waals surface area contributed by atoms with Gasteiger partial charge in [-0.05, 0) is 42.0 Å². The van der Waals surface area contributed by atoms with Crippen molar-refractivity contribution in [2.45, 2.75) is 19.3 Å². The van der Waals surface area contributed by atoms with Crippen molar-refractivity contribution in [1.82, 2.24) is 19.4 Å². The van der Waals surface area contributed by atoms with E-state index in [1.807, 2.05) is 24.3 Å². The summed E-state index contributed by atoms with van der Waals surface area (Å²) in [6.07, 6.45) is -4.43. The Bertz CT molecular complexity index is 1600. The third-order valence-corrected chi connectivity index (χ3v) is 6.23. The second-order valence-corrected chi connectivity index (χ2v) is 8.86. The van der Waals surface area contributed by atoms with E-state index in [2.05, 4.69) is 9.97 Å². The minimum Gasteiger partial charge on any atom is -0.384 e. The Balaban J connectivity index is 1.51. The molecule has 0 saturated carbocycles. The van der Waals surface area contributed by atoms with Gasteiger partial charge < -0.3 is 20.2 Å². The van der Waals surface area contributed by atoms with Gasteiger partial charge in [-0.3, -0.25) is 10.2 Å². The van der Waals surface area contributed by atoms with Gasteiger partial charge in [0.1, 0.15) is 17.4 Å². The van der Waals surface area contributed by atoms with Crippen LogP contribution in [-0.4, -0.2) is 38.2 Å². The lowest BCUT2D eigenvalue weighted by molar-refractivity contribution is -0.137. The number of carbonyl (C=O) groups is 1. The van der Waals surface area contributed by atoms with Crippen LogP contribution >= 0.6 is 0 Å². The lowest BCUT2D eigenvalue weighted by atomic mass is 10.1. The number of benzene rings is 3. The maximum atomic E-state index is 13.6. The van der Waals surface area contributed by atoms with E-state index in [9.17, 15) is 18.0 Å². The predicted molar refractivity (Wildman–Crippen MR) is 135 cm³/mol. The minimum absolute atomic E-state index is 0.126. The first-order chi connectivity index (χ1) is 17.6. The van der Waals surface area contributed by atoms with Crippen molar-refractivity contribution in [1.29, 1.82) is 5.41 Å². The van der Waals surface area contributed by atoms with E-state index < -0.39 is 11.7 Å². The van der Waals surface area contributed by atoms with Crippen LogP contribution in [0.4, 0.5) is 13.2 Å². The van der Waals surface area contributed by atoms with Gasteiger partial charge in [0.15, 0.2) is 0 Å². The van der Waals surface area contributed by atoms with E-state index in [4.69, 9.17) is 11.1 Å². The SMILES string of the molecule is CN(Cc1nc2ccccc2[nH]1)C(=O)c1cc2ccc(C(=N)N)cc2n1Cc1ccc(C(F)(F)F)cc1. The van der Waals surface area contributed by atoms with Crippen LogP contribution in [0.3, 0.4) is 0 Å². The number of aromatic nitrogens is 3. The number of rotatable bonds is 6. The first kappa shape index (κ1) is 24.1. The number of halogens is 3. The number of fused-ring (bicyclic) bond motifs is 2. The summed E-state index contributed by atoms with van der Waals surface area (Å²) in [6, 6.07) is 19.3. The first-order valence-electron chi connectivity index (χ1n) is 11.4. The molecule has 37 heavy (non-hydrogen) atoms. The number of alkyl halides is 3. The van der Waals surface area contributed by atoms with Crippen LogP contribution in [0.2, 0.25) is 0 Å². The maximum Gasteiger partial charge on any atom is 0.416 e. The smallest absolute Gasteiger partial charge is 0.384 e. The summed E-state index contributed by atoms with van der Waals surface area (Å²) in [6.45, 7) is 0.385. The molecule has 0 unspecified atom stereocenters. The van der Waals surface area contributed by atoms with Gasteiger partial charge in [-0.1, -0.05) is 36.4 Å². The summed E-state index contributed by atoms with van der Waals surface area (Å²) in [7, 11) is 1.66. The molecule has 0 fully saturated rings. The van der Waals surface area contributed by atoms with Crippen molar-refractivity contribution in [3.8, 4) is 0 Å². The summed E-state index contributed by atoms with van der Waals surface area (Å²) in [5, 5.41) is 8.54. The lowest BCUT2D eigenvalue weighted by Gasteiger charge is -2.18. The normalized spacial score (nSPS) is 11.8. The molecule has 0 radical (unpaired) electrons. The number of amides is 1. The number of para-hydroxylation sites is 2. The summed E-state index contributed by atoms with van der Waals surface area (Å²) < 4.78 is 40.8. The number of nitrogens with one attached hydrogen (secondary N) is 2. The molecule has 5 aromatic rings. The highest BCUT2D eigenvalue weighted by Gasteiger charge is 2.30. The second kappa shape index (κ2) is 9.12. The first-order valence-corrected chi connectivity index (χ1v) is 11.4. The standard InChI is InChI=1S/C27H23F3N6O/c1-35(15-24-33-20-4-2-3-5-21(20)34-24)26(37)23-12-17-8-9-18(25(31)32)13-22(17)36(23)14-16-6-10-19(11-7-16)27(28,29)30/h2-13H,14-15H2,1H3,(H3,31,32)(H,33,34). The van der Waals surface area contributed by atoms with Gasteiger partial charge in [-0.2, -0.15) is 13.2 Å². The number of hydrogen-bond donors (Lipinski definition) is 3. The van der Waals surface area contributed by atoms with Gasteiger partial charge in [0.2, 0.25) is 0 Å². The van der Waals surface area contributed by atoms with Gasteiger partial charge in [-0.15, -0.1) is 0 Å². The summed E-state index contributed by atoms with van der Waals surface area (Å²) in [5.74, 6) is 0.216. The Morgan fingerprint density at radius 2 is 1.81 bits per heavy atom. The number of carbonyl (C=O) groups excluding carboxylic acids is 1. The summed E-state index contributed by atoms with van der Waals surface area (Å²) in [5.41, 5.74) is 8.68. The van der Waals surface area contributed by atoms with E-state index in [-0.39, 0.29) is 24.8 Å². The number of aromatic amines is 1. The molecule has 3 aromatic carbocycles. The number of amidine groups is 1. The molecule has 0 aliphatic carbocycles. The molecule has 10 heteroatoms. The zero-order valence-corrected chi connectivity index (χ0v) is 19.8. The number of H-pyrrole nitrogens is 1. The Hall–Kier alpha value is -4.60. The van der Waals surface area contributed by atoms with Crippen LogP contribution in [0.5, 0.6) is 0 Å². The van der Waals surface area contributed by atoms with E-state index >= 15 is 0 Å². The fraction of sp³-hybridized carbons (Fsp3) is 0.148. The highest BCUT2D eigenvalue weighted by molar-refractivity contribution is 6.02. The number of nitrogens with two attached hydrogens (primary N) is 1. The van der Waals surface area contributed by atoms with Crippen LogP contribution in [0.1, 0.15) is 33.0 Å². The zero-order chi connectivity index (χ0) is 26.3. The average Bonchev–Trinajstić information content (AvgIpc) is 3.43. The van der Waals surface area contributed by atoms with Gasteiger partial charge in [-0.25, -0.2) is 4.98 Å². The van der Waals surface area contributed by atoms with Gasteiger partial charge >= 0.3 is 6.18 Å². The van der Waals surface area contributed by atoms with Crippen molar-refractivity contribution in [2.24, 2.45) is 5.73 Å². The molecule has 0 bridgehead atoms. The molecule has 5 rings (SSSR count). The topological polar surface area (TPSA) is 104 Å². The predicted octanol–water partition coefficient (Wildman–Crippen LogP) is 5.14. The van der Waals surface area contributed by atoms with Crippen molar-refractivity contribution in [3.05, 3.63) is 101 Å². The molecule has 2 heterocycles. The van der Waals surface area contributed by atoms with Crippen molar-refractivity contribution in [2.75, 3.05) is 7.05 Å². The fourth-order valence-electron chi connectivity index (χ4n) is 4.32. The average molecular weight is 505 g/mol. The van der Waals surface area contributed by atoms with Crippen LogP contribution in [-0.2, 0) is 19.3 Å². The molecule has 0 aliphatic rings. The fourth-order valence-corrected chi connectivity index (χ4v) is 4.32. The van der Waals surface area contributed by atoms with Crippen molar-refractivity contribution >= 4 is 33.7 Å².